The smallest absolute Gasteiger partial charge is 0.255 e. The van der Waals surface area contributed by atoms with E-state index in [1.807, 2.05) is 50.2 Å². The van der Waals surface area contributed by atoms with Crippen molar-refractivity contribution in [3.63, 3.8) is 0 Å². The lowest BCUT2D eigenvalue weighted by Gasteiger charge is -2.13. The normalized spacial score (nSPS) is 10.7. The molecule has 0 atom stereocenters. The van der Waals surface area contributed by atoms with Crippen LogP contribution in [0.5, 0.6) is 17.2 Å². The topological polar surface area (TPSA) is 80.7 Å². The van der Waals surface area contributed by atoms with Crippen molar-refractivity contribution >= 4 is 5.91 Å². The highest BCUT2D eigenvalue weighted by atomic mass is 16.5. The molecule has 156 valence electrons. The van der Waals surface area contributed by atoms with Crippen molar-refractivity contribution in [3.8, 4) is 17.2 Å². The van der Waals surface area contributed by atoms with Crippen molar-refractivity contribution in [2.75, 3.05) is 7.11 Å². The van der Waals surface area contributed by atoms with Gasteiger partial charge in [0.2, 0.25) is 0 Å². The van der Waals surface area contributed by atoms with E-state index < -0.39 is 0 Å². The molecule has 3 aromatic rings. The summed E-state index contributed by atoms with van der Waals surface area (Å²) in [6, 6.07) is 14.4. The first-order valence-electron chi connectivity index (χ1n) is 9.77. The van der Waals surface area contributed by atoms with Gasteiger partial charge < -0.3 is 19.9 Å². The van der Waals surface area contributed by atoms with Gasteiger partial charge in [-0.25, -0.2) is 0 Å². The fraction of sp³-hybridized carbons (Fsp3) is 0.250. The van der Waals surface area contributed by atoms with E-state index in [-0.39, 0.29) is 23.1 Å². The second-order valence-corrected chi connectivity index (χ2v) is 7.24. The number of carbonyl (C=O) groups is 1. The van der Waals surface area contributed by atoms with E-state index in [4.69, 9.17) is 9.47 Å². The zero-order valence-electron chi connectivity index (χ0n) is 17.4. The van der Waals surface area contributed by atoms with Gasteiger partial charge in [-0.1, -0.05) is 26.0 Å². The molecular weight excluding hydrogens is 380 g/mol. The molecule has 30 heavy (non-hydrogen) atoms. The lowest BCUT2D eigenvalue weighted by molar-refractivity contribution is 0.0948. The number of amides is 1. The van der Waals surface area contributed by atoms with Crippen LogP contribution in [0.1, 0.15) is 46.8 Å². The molecule has 2 aromatic carbocycles. The van der Waals surface area contributed by atoms with E-state index >= 15 is 0 Å². The number of rotatable bonds is 8. The van der Waals surface area contributed by atoms with E-state index in [9.17, 15) is 9.90 Å². The third-order valence-electron chi connectivity index (χ3n) is 4.76. The number of ether oxygens (including phenoxy) is 2. The zero-order chi connectivity index (χ0) is 21.5. The SMILES string of the molecule is COc1cc(CNC(=O)c2ccc(C(C)C)cc2O)ccc1OCc1ccncc1. The number of methoxy groups -OCH3 is 1. The minimum Gasteiger partial charge on any atom is -0.507 e. The van der Waals surface area contributed by atoms with E-state index in [0.29, 0.717) is 24.7 Å². The van der Waals surface area contributed by atoms with Crippen molar-refractivity contribution < 1.29 is 19.4 Å². The molecule has 1 heterocycles. The Kier molecular flexibility index (Phi) is 6.91. The molecule has 0 unspecified atom stereocenters. The Bertz CT molecular complexity index is 1000. The molecule has 2 N–H and O–H groups in total. The van der Waals surface area contributed by atoms with Crippen LogP contribution in [0.25, 0.3) is 0 Å². The summed E-state index contributed by atoms with van der Waals surface area (Å²) in [5, 5.41) is 13.0. The molecule has 6 nitrogen and oxygen atoms in total. The largest absolute Gasteiger partial charge is 0.507 e. The maximum Gasteiger partial charge on any atom is 0.255 e. The monoisotopic (exact) mass is 406 g/mol. The maximum absolute atomic E-state index is 12.5. The fourth-order valence-corrected chi connectivity index (χ4v) is 2.96. The maximum atomic E-state index is 12.5. The Labute approximate surface area is 176 Å². The van der Waals surface area contributed by atoms with Crippen molar-refractivity contribution in [1.29, 1.82) is 0 Å². The standard InChI is InChI=1S/C24H26N2O4/c1-16(2)19-5-6-20(21(27)13-19)24(28)26-14-18-4-7-22(23(12-18)29-3)30-15-17-8-10-25-11-9-17/h4-13,16,27H,14-15H2,1-3H3,(H,26,28). The van der Waals surface area contributed by atoms with Crippen LogP contribution < -0.4 is 14.8 Å². The Morgan fingerprint density at radius 1 is 1.03 bits per heavy atom. The third-order valence-corrected chi connectivity index (χ3v) is 4.76. The average molecular weight is 406 g/mol. The molecule has 0 radical (unpaired) electrons. The third kappa shape index (κ3) is 5.29. The van der Waals surface area contributed by atoms with Gasteiger partial charge >= 0.3 is 0 Å². The average Bonchev–Trinajstić information content (AvgIpc) is 2.76. The second-order valence-electron chi connectivity index (χ2n) is 7.24. The highest BCUT2D eigenvalue weighted by molar-refractivity contribution is 5.96. The highest BCUT2D eigenvalue weighted by Crippen LogP contribution is 2.29. The fourth-order valence-electron chi connectivity index (χ4n) is 2.96. The van der Waals surface area contributed by atoms with Gasteiger partial charge in [-0.2, -0.15) is 0 Å². The molecule has 0 aliphatic heterocycles. The number of aromatic hydroxyl groups is 1. The number of hydrogen-bond acceptors (Lipinski definition) is 5. The van der Waals surface area contributed by atoms with Gasteiger partial charge in [0.15, 0.2) is 11.5 Å². The summed E-state index contributed by atoms with van der Waals surface area (Å²) in [4.78, 5) is 16.5. The first kappa shape index (κ1) is 21.2. The quantitative estimate of drug-likeness (QED) is 0.578. The molecule has 1 aromatic heterocycles. The summed E-state index contributed by atoms with van der Waals surface area (Å²) >= 11 is 0. The predicted octanol–water partition coefficient (Wildman–Crippen LogP) is 4.43. The first-order chi connectivity index (χ1) is 14.5. The number of pyridine rings is 1. The van der Waals surface area contributed by atoms with Gasteiger partial charge in [0, 0.05) is 18.9 Å². The molecule has 6 heteroatoms. The minimum atomic E-state index is -0.334. The second kappa shape index (κ2) is 9.78. The molecule has 0 aliphatic carbocycles. The zero-order valence-corrected chi connectivity index (χ0v) is 17.4. The lowest BCUT2D eigenvalue weighted by atomic mass is 10.0. The Morgan fingerprint density at radius 2 is 1.80 bits per heavy atom. The van der Waals surface area contributed by atoms with Crippen LogP contribution in [0.3, 0.4) is 0 Å². The number of aromatic nitrogens is 1. The molecule has 0 saturated heterocycles. The van der Waals surface area contributed by atoms with E-state index in [1.165, 1.54) is 0 Å². The van der Waals surface area contributed by atoms with Crippen LogP contribution in [0.2, 0.25) is 0 Å². The Balaban J connectivity index is 1.63. The minimum absolute atomic E-state index is 0.0175. The van der Waals surface area contributed by atoms with Crippen molar-refractivity contribution in [2.45, 2.75) is 32.9 Å². The Morgan fingerprint density at radius 3 is 2.47 bits per heavy atom. The molecule has 3 rings (SSSR count). The Hall–Kier alpha value is -3.54. The number of phenolic OH excluding ortho intramolecular Hbond substituents is 1. The molecule has 0 saturated carbocycles. The molecule has 0 bridgehead atoms. The van der Waals surface area contributed by atoms with Gasteiger partial charge in [-0.05, 0) is 59.0 Å². The summed E-state index contributed by atoms with van der Waals surface area (Å²) in [5.41, 5.74) is 3.10. The highest BCUT2D eigenvalue weighted by Gasteiger charge is 2.13. The van der Waals surface area contributed by atoms with Crippen LogP contribution in [0.15, 0.2) is 60.9 Å². The van der Waals surface area contributed by atoms with Gasteiger partial charge in [0.25, 0.3) is 5.91 Å². The number of nitrogens with one attached hydrogen (secondary N) is 1. The van der Waals surface area contributed by atoms with Gasteiger partial charge in [-0.3, -0.25) is 9.78 Å². The van der Waals surface area contributed by atoms with Crippen LogP contribution >= 0.6 is 0 Å². The molecule has 0 spiro atoms. The number of hydrogen-bond donors (Lipinski definition) is 2. The van der Waals surface area contributed by atoms with E-state index in [0.717, 1.165) is 16.7 Å². The van der Waals surface area contributed by atoms with Gasteiger partial charge in [0.05, 0.1) is 12.7 Å². The van der Waals surface area contributed by atoms with Gasteiger partial charge in [-0.15, -0.1) is 0 Å². The lowest BCUT2D eigenvalue weighted by Crippen LogP contribution is -2.23. The van der Waals surface area contributed by atoms with E-state index in [2.05, 4.69) is 10.3 Å². The molecule has 0 fully saturated rings. The molecule has 1 amide bonds. The molecule has 0 aliphatic rings. The summed E-state index contributed by atoms with van der Waals surface area (Å²) in [5.74, 6) is 1.13. The summed E-state index contributed by atoms with van der Waals surface area (Å²) in [7, 11) is 1.57. The van der Waals surface area contributed by atoms with Crippen molar-refractivity contribution in [2.24, 2.45) is 0 Å². The van der Waals surface area contributed by atoms with Crippen LogP contribution in [0.4, 0.5) is 0 Å². The number of carbonyl (C=O) groups excluding carboxylic acids is 1. The number of nitrogens with zero attached hydrogens (tertiary/aromatic N) is 1. The van der Waals surface area contributed by atoms with Crippen LogP contribution in [0, 0.1) is 0 Å². The first-order valence-corrected chi connectivity index (χ1v) is 9.77. The number of benzene rings is 2. The number of phenols is 1. The van der Waals surface area contributed by atoms with Crippen LogP contribution in [-0.4, -0.2) is 23.1 Å². The van der Waals surface area contributed by atoms with E-state index in [1.54, 1.807) is 31.6 Å². The summed E-state index contributed by atoms with van der Waals surface area (Å²) < 4.78 is 11.3. The van der Waals surface area contributed by atoms with Crippen LogP contribution in [-0.2, 0) is 13.2 Å². The summed E-state index contributed by atoms with van der Waals surface area (Å²) in [6.45, 7) is 4.77. The predicted molar refractivity (Wildman–Crippen MR) is 115 cm³/mol. The van der Waals surface area contributed by atoms with Crippen molar-refractivity contribution in [3.05, 3.63) is 83.2 Å². The van der Waals surface area contributed by atoms with Crippen molar-refractivity contribution in [1.82, 2.24) is 10.3 Å². The molecular formula is C24H26N2O4. The summed E-state index contributed by atoms with van der Waals surface area (Å²) in [6.07, 6.45) is 3.44. The van der Waals surface area contributed by atoms with Gasteiger partial charge in [0.1, 0.15) is 12.4 Å².